The molecule has 1 aromatic carbocycles. The van der Waals surface area contributed by atoms with Gasteiger partial charge in [0.1, 0.15) is 6.61 Å². The molecule has 1 radical (unpaired) electrons. The van der Waals surface area contributed by atoms with Crippen LogP contribution in [0, 0.1) is 17.3 Å². The topological polar surface area (TPSA) is 93.1 Å². The first-order valence-corrected chi connectivity index (χ1v) is 14.1. The van der Waals surface area contributed by atoms with Crippen molar-refractivity contribution in [3.8, 4) is 0 Å². The highest BCUT2D eigenvalue weighted by Gasteiger charge is 2.65. The highest BCUT2D eigenvalue weighted by molar-refractivity contribution is 6.48. The van der Waals surface area contributed by atoms with Crippen LogP contribution in [0.25, 0.3) is 0 Å². The fraction of sp³-hybridized carbons (Fsp3) is 0.577. The van der Waals surface area contributed by atoms with Crippen LogP contribution in [0.5, 0.6) is 0 Å². The number of β-lactam (4-membered cyclic amide) rings is 1. The Bertz CT molecular complexity index is 970. The minimum Gasteiger partial charge on any atom is -0.458 e. The number of rotatable bonds is 8. The largest absolute Gasteiger partial charge is 0.458 e. The number of esters is 1. The molecule has 2 aliphatic rings. The molecular weight excluding hydrogens is 450 g/mol. The van der Waals surface area contributed by atoms with Crippen LogP contribution in [0.4, 0.5) is 0 Å². The first kappa shape index (κ1) is 26.3. The normalized spacial score (nSPS) is 25.3. The molecule has 1 aliphatic carbocycles. The number of fused-ring (bicyclic) bond motifs is 1. The lowest BCUT2D eigenvalue weighted by molar-refractivity contribution is -0.216. The van der Waals surface area contributed by atoms with Crippen LogP contribution < -0.4 is 0 Å². The summed E-state index contributed by atoms with van der Waals surface area (Å²) in [6, 6.07) is 6.79. The van der Waals surface area contributed by atoms with Gasteiger partial charge >= 0.3 is 5.97 Å². The summed E-state index contributed by atoms with van der Waals surface area (Å²) >= 11 is 0. The predicted octanol–water partition coefficient (Wildman–Crippen LogP) is 3.38. The number of amides is 1. The lowest BCUT2D eigenvalue weighted by Gasteiger charge is -2.60. The zero-order valence-corrected chi connectivity index (χ0v) is 22.0. The number of carbonyl (C=O) groups excluding carboxylic acids is 3. The number of Topliss-reactive ketones (excluding diaryl/α,β-unsaturated/α-hetero) is 1. The number of hydrogen-bond donors (Lipinski definition) is 1. The second-order valence-electron chi connectivity index (χ2n) is 10.5. The quantitative estimate of drug-likeness (QED) is 0.262. The molecule has 0 spiro atoms. The lowest BCUT2D eigenvalue weighted by atomic mass is 9.59. The van der Waals surface area contributed by atoms with Crippen molar-refractivity contribution in [3.05, 3.63) is 48.0 Å². The summed E-state index contributed by atoms with van der Waals surface area (Å²) in [7, 11) is -1.22. The smallest absolute Gasteiger partial charge is 0.356 e. The molecule has 1 aromatic rings. The van der Waals surface area contributed by atoms with Gasteiger partial charge in [-0.1, -0.05) is 57.7 Å². The first-order chi connectivity index (χ1) is 15.8. The van der Waals surface area contributed by atoms with Gasteiger partial charge in [-0.2, -0.15) is 0 Å². The van der Waals surface area contributed by atoms with Gasteiger partial charge in [0.2, 0.25) is 21.2 Å². The number of ketones is 1. The molecule has 185 valence electrons. The summed E-state index contributed by atoms with van der Waals surface area (Å²) in [5, 5.41) is 10.8. The van der Waals surface area contributed by atoms with E-state index in [-0.39, 0.29) is 12.4 Å². The Kier molecular flexibility index (Phi) is 7.55. The molecule has 1 unspecified atom stereocenters. The number of aryl methyl sites for hydroxylation is 1. The molecule has 8 heteroatoms. The van der Waals surface area contributed by atoms with Gasteiger partial charge in [0.15, 0.2) is 5.78 Å². The third-order valence-electron chi connectivity index (χ3n) is 7.26. The second-order valence-corrected chi connectivity index (χ2v) is 12.6. The van der Waals surface area contributed by atoms with E-state index in [0.29, 0.717) is 18.4 Å². The summed E-state index contributed by atoms with van der Waals surface area (Å²) in [6.45, 7) is 15.4. The number of ether oxygens (including phenoxy) is 1. The standard InChI is InChI=1S/C26H36NO6Si/c1-8-15-32-24(31)23(30)27-20(18-14-13-16-11-9-10-12-17(16)21(18)28)19(22(27)29)26(5,25(2,3)4)33-34(6)7/h8-12,18-20,23,30H,1,13-15H2,2-7H3/t18-,19-,20-,23?,26-/m1/s1. The molecule has 1 fully saturated rings. The van der Waals surface area contributed by atoms with E-state index in [9.17, 15) is 19.5 Å². The molecule has 5 atom stereocenters. The van der Waals surface area contributed by atoms with Crippen molar-refractivity contribution in [2.75, 3.05) is 6.61 Å². The molecule has 1 heterocycles. The van der Waals surface area contributed by atoms with E-state index < -0.39 is 56.0 Å². The minimum atomic E-state index is -1.80. The van der Waals surface area contributed by atoms with Crippen molar-refractivity contribution in [2.45, 2.75) is 71.5 Å². The van der Waals surface area contributed by atoms with E-state index in [2.05, 4.69) is 6.58 Å². The Hall–Kier alpha value is -2.29. The monoisotopic (exact) mass is 486 g/mol. The molecular formula is C26H36NO6Si. The van der Waals surface area contributed by atoms with Crippen molar-refractivity contribution in [1.82, 2.24) is 4.90 Å². The summed E-state index contributed by atoms with van der Waals surface area (Å²) in [6.07, 6.45) is 0.793. The number of benzene rings is 1. The summed E-state index contributed by atoms with van der Waals surface area (Å²) in [5.74, 6) is -2.66. The van der Waals surface area contributed by atoms with Crippen LogP contribution in [0.15, 0.2) is 36.9 Å². The maximum Gasteiger partial charge on any atom is 0.356 e. The average molecular weight is 487 g/mol. The van der Waals surface area contributed by atoms with Crippen LogP contribution in [0.3, 0.4) is 0 Å². The third-order valence-corrected chi connectivity index (χ3v) is 8.09. The maximum atomic E-state index is 13.6. The zero-order chi connectivity index (χ0) is 25.4. The molecule has 7 nitrogen and oxygen atoms in total. The molecule has 0 bridgehead atoms. The molecule has 34 heavy (non-hydrogen) atoms. The summed E-state index contributed by atoms with van der Waals surface area (Å²) in [4.78, 5) is 40.9. The van der Waals surface area contributed by atoms with Crippen LogP contribution in [-0.2, 0) is 25.2 Å². The number of likely N-dealkylation sites (tertiary alicyclic amines) is 1. The number of carbonyl (C=O) groups is 3. The highest BCUT2D eigenvalue weighted by atomic mass is 28.3. The van der Waals surface area contributed by atoms with E-state index in [1.807, 2.05) is 59.0 Å². The molecule has 1 amide bonds. The Balaban J connectivity index is 2.06. The Morgan fingerprint density at radius 1 is 1.26 bits per heavy atom. The third kappa shape index (κ3) is 4.51. The predicted molar refractivity (Wildman–Crippen MR) is 130 cm³/mol. The molecule has 0 saturated carbocycles. The van der Waals surface area contributed by atoms with Crippen LogP contribution in [-0.4, -0.2) is 61.2 Å². The van der Waals surface area contributed by atoms with Crippen molar-refractivity contribution in [2.24, 2.45) is 17.3 Å². The van der Waals surface area contributed by atoms with E-state index in [1.165, 1.54) is 6.08 Å². The van der Waals surface area contributed by atoms with E-state index in [1.54, 1.807) is 6.07 Å². The number of nitrogens with zero attached hydrogens (tertiary/aromatic N) is 1. The van der Waals surface area contributed by atoms with Crippen LogP contribution in [0.2, 0.25) is 13.1 Å². The first-order valence-electron chi connectivity index (χ1n) is 11.7. The molecule has 1 aliphatic heterocycles. The maximum absolute atomic E-state index is 13.6. The average Bonchev–Trinajstić information content (AvgIpc) is 2.75. The van der Waals surface area contributed by atoms with Gasteiger partial charge in [0, 0.05) is 11.5 Å². The van der Waals surface area contributed by atoms with Crippen molar-refractivity contribution in [1.29, 1.82) is 0 Å². The fourth-order valence-electron chi connectivity index (χ4n) is 5.19. The number of hydrogen-bond acceptors (Lipinski definition) is 6. The molecule has 3 rings (SSSR count). The van der Waals surface area contributed by atoms with Crippen LogP contribution in [0.1, 0.15) is 50.0 Å². The van der Waals surface area contributed by atoms with E-state index in [0.717, 1.165) is 10.5 Å². The summed E-state index contributed by atoms with van der Waals surface area (Å²) in [5.41, 5.74) is 0.273. The second kappa shape index (κ2) is 9.75. The molecule has 1 N–H and O–H groups in total. The fourth-order valence-corrected chi connectivity index (χ4v) is 6.47. The van der Waals surface area contributed by atoms with Gasteiger partial charge in [0.25, 0.3) is 0 Å². The van der Waals surface area contributed by atoms with Crippen molar-refractivity contribution < 1.29 is 28.7 Å². The van der Waals surface area contributed by atoms with E-state index >= 15 is 0 Å². The SMILES string of the molecule is C=CCOC(=O)C(O)N1C(=O)[C@H]([C@@](C)(O[Si](C)C)C(C)(C)C)[C@H]1[C@H]1CCc2ccccc2C1=O. The van der Waals surface area contributed by atoms with Gasteiger partial charge in [-0.15, -0.1) is 0 Å². The van der Waals surface area contributed by atoms with Crippen molar-refractivity contribution in [3.63, 3.8) is 0 Å². The molecule has 1 saturated heterocycles. The Morgan fingerprint density at radius 3 is 2.50 bits per heavy atom. The van der Waals surface area contributed by atoms with Crippen molar-refractivity contribution >= 4 is 26.7 Å². The minimum absolute atomic E-state index is 0.0733. The van der Waals surface area contributed by atoms with E-state index in [4.69, 9.17) is 9.16 Å². The Labute approximate surface area is 203 Å². The summed E-state index contributed by atoms with van der Waals surface area (Å²) < 4.78 is 11.5. The van der Waals surface area contributed by atoms with Crippen LogP contribution >= 0.6 is 0 Å². The van der Waals surface area contributed by atoms with Gasteiger partial charge in [-0.3, -0.25) is 9.59 Å². The van der Waals surface area contributed by atoms with Gasteiger partial charge in [0.05, 0.1) is 17.6 Å². The Morgan fingerprint density at radius 2 is 1.91 bits per heavy atom. The number of aliphatic hydroxyl groups is 1. The zero-order valence-electron chi connectivity index (χ0n) is 21.0. The molecule has 0 aromatic heterocycles. The van der Waals surface area contributed by atoms with Gasteiger partial charge < -0.3 is 19.2 Å². The number of aliphatic hydroxyl groups excluding tert-OH is 1. The van der Waals surface area contributed by atoms with Gasteiger partial charge in [-0.25, -0.2) is 4.79 Å². The highest BCUT2D eigenvalue weighted by Crippen LogP contribution is 2.51. The lowest BCUT2D eigenvalue weighted by Crippen LogP contribution is -2.76. The van der Waals surface area contributed by atoms with Gasteiger partial charge in [-0.05, 0) is 43.8 Å².